The van der Waals surface area contributed by atoms with E-state index in [0.29, 0.717) is 45.3 Å². The Labute approximate surface area is 202 Å². The van der Waals surface area contributed by atoms with E-state index in [0.717, 1.165) is 22.3 Å². The average molecular weight is 466 g/mol. The number of nitrogens with zero attached hydrogens (tertiary/aromatic N) is 2. The van der Waals surface area contributed by atoms with Crippen LogP contribution in [0, 0.1) is 48.4 Å². The summed E-state index contributed by atoms with van der Waals surface area (Å²) in [5, 5.41) is 19.7. The lowest BCUT2D eigenvalue weighted by Gasteiger charge is -2.47. The Morgan fingerprint density at radius 2 is 1.97 bits per heavy atom. The summed E-state index contributed by atoms with van der Waals surface area (Å²) in [7, 11) is 0. The van der Waals surface area contributed by atoms with Gasteiger partial charge < -0.3 is 10.0 Å². The lowest BCUT2D eigenvalue weighted by Crippen LogP contribution is -2.51. The number of carbonyl (C=O) groups is 2. The highest BCUT2D eigenvalue weighted by Crippen LogP contribution is 2.48. The Kier molecular flexibility index (Phi) is 8.49. The zero-order chi connectivity index (χ0) is 24.9. The number of nitrogens with one attached hydrogen (secondary N) is 1. The smallest absolute Gasteiger partial charge is 0.226 e. The van der Waals surface area contributed by atoms with Gasteiger partial charge in [-0.25, -0.2) is 5.48 Å². The number of amides is 1. The molecule has 1 aromatic rings. The van der Waals surface area contributed by atoms with Crippen molar-refractivity contribution in [3.63, 3.8) is 0 Å². The first-order chi connectivity index (χ1) is 16.2. The molecule has 2 N–H and O–H groups in total. The van der Waals surface area contributed by atoms with Crippen molar-refractivity contribution in [3.05, 3.63) is 34.4 Å². The first-order valence-corrected chi connectivity index (χ1v) is 12.0. The molecule has 1 saturated carbocycles. The zero-order valence-electron chi connectivity index (χ0n) is 20.6. The summed E-state index contributed by atoms with van der Waals surface area (Å²) in [5.74, 6) is 5.32. The van der Waals surface area contributed by atoms with Crippen LogP contribution >= 0.6 is 0 Å². The molecule has 1 aliphatic heterocycles. The summed E-state index contributed by atoms with van der Waals surface area (Å²) in [6.45, 7) is 9.02. The molecule has 1 spiro atoms. The summed E-state index contributed by atoms with van der Waals surface area (Å²) >= 11 is 0. The number of likely N-dealkylation sites (tertiary alicyclic amines) is 1. The van der Waals surface area contributed by atoms with E-state index in [1.807, 2.05) is 43.9 Å². The minimum absolute atomic E-state index is 0.0324. The summed E-state index contributed by atoms with van der Waals surface area (Å²) in [5.41, 5.74) is 6.25. The first kappa shape index (κ1) is 25.9. The van der Waals surface area contributed by atoms with Gasteiger partial charge in [0.05, 0.1) is 24.0 Å². The second-order valence-electron chi connectivity index (χ2n) is 9.81. The Morgan fingerprint density at radius 3 is 2.53 bits per heavy atom. The topological polar surface area (TPSA) is 103 Å². The van der Waals surface area contributed by atoms with Crippen LogP contribution in [0.5, 0.6) is 0 Å². The summed E-state index contributed by atoms with van der Waals surface area (Å²) in [4.78, 5) is 32.9. The number of ketones is 1. The fourth-order valence-electron chi connectivity index (χ4n) is 5.61. The number of aliphatic hydroxyl groups is 1. The molecule has 1 aliphatic carbocycles. The first-order valence-electron chi connectivity index (χ1n) is 12.0. The quantitative estimate of drug-likeness (QED) is 0.381. The highest BCUT2D eigenvalue weighted by molar-refractivity contribution is 5.89. The second kappa shape index (κ2) is 11.1. The van der Waals surface area contributed by atoms with Crippen LogP contribution in [-0.2, 0) is 14.4 Å². The van der Waals surface area contributed by atoms with Gasteiger partial charge in [-0.3, -0.25) is 14.4 Å². The SMILES string of the molecule is CC#Cc1cc(C)c(C2C(=O)CC3(CCN(C(=O)C(C)CNOCC#N)CC3)CC2O)c(C)c1. The third kappa shape index (κ3) is 5.67. The molecule has 2 aliphatic rings. The van der Waals surface area contributed by atoms with Crippen LogP contribution in [0.2, 0.25) is 0 Å². The number of hydroxylamine groups is 1. The number of carbonyl (C=O) groups excluding carboxylic acids is 2. The lowest BCUT2D eigenvalue weighted by molar-refractivity contribution is -0.141. The Bertz CT molecular complexity index is 1000. The van der Waals surface area contributed by atoms with Gasteiger partial charge in [0.15, 0.2) is 6.61 Å². The summed E-state index contributed by atoms with van der Waals surface area (Å²) in [6.07, 6.45) is 1.69. The van der Waals surface area contributed by atoms with Gasteiger partial charge in [0.25, 0.3) is 0 Å². The van der Waals surface area contributed by atoms with Gasteiger partial charge in [-0.15, -0.1) is 5.92 Å². The van der Waals surface area contributed by atoms with Crippen molar-refractivity contribution < 1.29 is 19.5 Å². The maximum Gasteiger partial charge on any atom is 0.226 e. The second-order valence-corrected chi connectivity index (χ2v) is 9.81. The van der Waals surface area contributed by atoms with E-state index in [1.54, 1.807) is 6.92 Å². The maximum atomic E-state index is 13.4. The van der Waals surface area contributed by atoms with Crippen molar-refractivity contribution in [1.82, 2.24) is 10.4 Å². The van der Waals surface area contributed by atoms with Crippen LogP contribution in [0.3, 0.4) is 0 Å². The molecule has 3 rings (SSSR count). The predicted octanol–water partition coefficient (Wildman–Crippen LogP) is 2.77. The molecule has 1 amide bonds. The number of rotatable bonds is 6. The number of piperidine rings is 1. The number of nitriles is 1. The van der Waals surface area contributed by atoms with E-state index in [4.69, 9.17) is 10.1 Å². The van der Waals surface area contributed by atoms with E-state index in [-0.39, 0.29) is 29.6 Å². The molecule has 0 radical (unpaired) electrons. The van der Waals surface area contributed by atoms with Crippen LogP contribution in [0.1, 0.15) is 67.7 Å². The zero-order valence-corrected chi connectivity index (χ0v) is 20.6. The van der Waals surface area contributed by atoms with Crippen LogP contribution < -0.4 is 5.48 Å². The van der Waals surface area contributed by atoms with Crippen molar-refractivity contribution in [1.29, 1.82) is 5.26 Å². The fraction of sp³-hybridized carbons (Fsp3) is 0.593. The molecular formula is C27H35N3O4. The van der Waals surface area contributed by atoms with Crippen molar-refractivity contribution >= 4 is 11.7 Å². The van der Waals surface area contributed by atoms with Crippen LogP contribution in [-0.4, -0.2) is 54.0 Å². The molecule has 7 nitrogen and oxygen atoms in total. The fourth-order valence-corrected chi connectivity index (χ4v) is 5.61. The third-order valence-corrected chi connectivity index (χ3v) is 7.28. The predicted molar refractivity (Wildman–Crippen MR) is 128 cm³/mol. The Morgan fingerprint density at radius 1 is 1.32 bits per heavy atom. The molecule has 0 bridgehead atoms. The number of aryl methyl sites for hydroxylation is 2. The lowest BCUT2D eigenvalue weighted by atomic mass is 9.62. The molecule has 2 fully saturated rings. The van der Waals surface area contributed by atoms with Gasteiger partial charge >= 0.3 is 0 Å². The van der Waals surface area contributed by atoms with Crippen molar-refractivity contribution in [2.24, 2.45) is 11.3 Å². The van der Waals surface area contributed by atoms with Crippen LogP contribution in [0.25, 0.3) is 0 Å². The molecule has 7 heteroatoms. The Hall–Kier alpha value is -2.71. The molecule has 0 aromatic heterocycles. The molecule has 3 atom stereocenters. The number of hydrogen-bond acceptors (Lipinski definition) is 6. The average Bonchev–Trinajstić information content (AvgIpc) is 2.78. The number of aliphatic hydroxyl groups excluding tert-OH is 1. The maximum absolute atomic E-state index is 13.4. The van der Waals surface area contributed by atoms with Gasteiger partial charge in [0.1, 0.15) is 5.78 Å². The minimum atomic E-state index is -0.732. The molecule has 3 unspecified atom stereocenters. The van der Waals surface area contributed by atoms with E-state index < -0.39 is 12.0 Å². The largest absolute Gasteiger partial charge is 0.392 e. The molecule has 1 heterocycles. The van der Waals surface area contributed by atoms with Crippen molar-refractivity contribution in [3.8, 4) is 17.9 Å². The van der Waals surface area contributed by atoms with E-state index >= 15 is 0 Å². The van der Waals surface area contributed by atoms with Crippen molar-refractivity contribution in [2.45, 2.75) is 65.4 Å². The number of benzene rings is 1. The van der Waals surface area contributed by atoms with Crippen LogP contribution in [0.4, 0.5) is 0 Å². The number of Topliss-reactive ketones (excluding diaryl/α,β-unsaturated/α-hetero) is 1. The van der Waals surface area contributed by atoms with E-state index in [2.05, 4.69) is 17.3 Å². The Balaban J connectivity index is 1.64. The molecule has 34 heavy (non-hydrogen) atoms. The number of hydrogen-bond donors (Lipinski definition) is 2. The molecule has 1 saturated heterocycles. The molecular weight excluding hydrogens is 430 g/mol. The van der Waals surface area contributed by atoms with Gasteiger partial charge in [-0.2, -0.15) is 5.26 Å². The van der Waals surface area contributed by atoms with E-state index in [1.165, 1.54) is 0 Å². The van der Waals surface area contributed by atoms with Gasteiger partial charge in [-0.05, 0) is 74.3 Å². The van der Waals surface area contributed by atoms with E-state index in [9.17, 15) is 14.7 Å². The van der Waals surface area contributed by atoms with Gasteiger partial charge in [0.2, 0.25) is 5.91 Å². The highest BCUT2D eigenvalue weighted by atomic mass is 16.6. The third-order valence-electron chi connectivity index (χ3n) is 7.28. The molecule has 182 valence electrons. The standard InChI is InChI=1S/C27H35N3O4/c1-5-6-21-13-18(2)24(19(3)14-21)25-22(31)15-27(16-23(25)32)7-10-30(11-8-27)26(33)20(4)17-29-34-12-9-28/h13-14,20,22,25,29,31H,7-8,10-12,15-17H2,1-4H3. The van der Waals surface area contributed by atoms with Gasteiger partial charge in [0, 0.05) is 31.6 Å². The van der Waals surface area contributed by atoms with Crippen molar-refractivity contribution in [2.75, 3.05) is 26.2 Å². The highest BCUT2D eigenvalue weighted by Gasteiger charge is 2.48. The summed E-state index contributed by atoms with van der Waals surface area (Å²) in [6, 6.07) is 5.86. The van der Waals surface area contributed by atoms with Crippen LogP contribution in [0.15, 0.2) is 12.1 Å². The monoisotopic (exact) mass is 465 g/mol. The van der Waals surface area contributed by atoms with Gasteiger partial charge in [-0.1, -0.05) is 12.8 Å². The summed E-state index contributed by atoms with van der Waals surface area (Å²) < 4.78 is 0. The molecule has 1 aromatic carbocycles. The normalized spacial score (nSPS) is 22.6. The minimum Gasteiger partial charge on any atom is -0.392 e.